The Bertz CT molecular complexity index is 404. The zero-order chi connectivity index (χ0) is 12.1. The van der Waals surface area contributed by atoms with Crippen molar-refractivity contribution in [3.05, 3.63) is 0 Å². The van der Waals surface area contributed by atoms with Gasteiger partial charge >= 0.3 is 0 Å². The fraction of sp³-hybridized carbons (Fsp3) is 1.00. The van der Waals surface area contributed by atoms with Gasteiger partial charge < -0.3 is 4.74 Å². The van der Waals surface area contributed by atoms with Gasteiger partial charge in [-0.3, -0.25) is 0 Å². The summed E-state index contributed by atoms with van der Waals surface area (Å²) >= 11 is 6.23. The van der Waals surface area contributed by atoms with Crippen LogP contribution in [-0.2, 0) is 14.6 Å². The second-order valence-corrected chi connectivity index (χ2v) is 8.34. The van der Waals surface area contributed by atoms with E-state index in [1.807, 2.05) is 0 Å². The molecule has 3 unspecified atom stereocenters. The van der Waals surface area contributed by atoms with Crippen LogP contribution in [0, 0.1) is 17.3 Å². The second kappa shape index (κ2) is 4.10. The smallest absolute Gasteiger partial charge is 0.150 e. The molecule has 0 spiro atoms. The van der Waals surface area contributed by atoms with Crippen molar-refractivity contribution in [2.75, 3.05) is 24.0 Å². The molecule has 0 aromatic rings. The van der Waals surface area contributed by atoms with Gasteiger partial charge in [-0.25, -0.2) is 8.42 Å². The van der Waals surface area contributed by atoms with Crippen molar-refractivity contribution in [1.29, 1.82) is 0 Å². The van der Waals surface area contributed by atoms with Crippen LogP contribution in [0.4, 0.5) is 0 Å². The van der Waals surface area contributed by atoms with Gasteiger partial charge in [-0.15, -0.1) is 11.6 Å². The predicted octanol–water partition coefficient (Wildman–Crippen LogP) is 1.85. The Morgan fingerprint density at radius 3 is 2.59 bits per heavy atom. The molecule has 98 valence electrons. The highest BCUT2D eigenvalue weighted by molar-refractivity contribution is 7.91. The van der Waals surface area contributed by atoms with Gasteiger partial charge in [0, 0.05) is 17.9 Å². The van der Waals surface area contributed by atoms with Crippen molar-refractivity contribution in [1.82, 2.24) is 0 Å². The van der Waals surface area contributed by atoms with Crippen molar-refractivity contribution < 1.29 is 13.2 Å². The van der Waals surface area contributed by atoms with Gasteiger partial charge in [0.05, 0.1) is 17.6 Å². The monoisotopic (exact) mass is 278 g/mol. The van der Waals surface area contributed by atoms with Crippen LogP contribution in [0.2, 0.25) is 0 Å². The lowest BCUT2D eigenvalue weighted by Crippen LogP contribution is -2.42. The minimum atomic E-state index is -2.82. The van der Waals surface area contributed by atoms with E-state index < -0.39 is 9.84 Å². The average Bonchev–Trinajstić information content (AvgIpc) is 2.93. The summed E-state index contributed by atoms with van der Waals surface area (Å²) in [6.45, 7) is 0.754. The van der Waals surface area contributed by atoms with E-state index in [0.717, 1.165) is 19.4 Å². The zero-order valence-electron chi connectivity index (χ0n) is 9.90. The summed E-state index contributed by atoms with van der Waals surface area (Å²) in [6.07, 6.45) is 4.39. The molecule has 2 aliphatic heterocycles. The molecule has 0 N–H and O–H groups in total. The number of rotatable bonds is 3. The van der Waals surface area contributed by atoms with Crippen molar-refractivity contribution >= 4 is 21.4 Å². The first-order valence-corrected chi connectivity index (χ1v) is 8.81. The van der Waals surface area contributed by atoms with Crippen LogP contribution in [0.3, 0.4) is 0 Å². The Hall–Kier alpha value is 0.200. The van der Waals surface area contributed by atoms with Crippen LogP contribution in [0.5, 0.6) is 0 Å². The highest BCUT2D eigenvalue weighted by Gasteiger charge is 2.56. The maximum absolute atomic E-state index is 11.7. The lowest BCUT2D eigenvalue weighted by Gasteiger charge is -2.37. The summed E-state index contributed by atoms with van der Waals surface area (Å²) in [5.74, 6) is 2.08. The summed E-state index contributed by atoms with van der Waals surface area (Å²) in [4.78, 5) is 0. The Morgan fingerprint density at radius 2 is 2.06 bits per heavy atom. The summed E-state index contributed by atoms with van der Waals surface area (Å²) in [5, 5.41) is 0. The van der Waals surface area contributed by atoms with E-state index in [-0.39, 0.29) is 17.4 Å². The molecule has 0 bridgehead atoms. The average molecular weight is 279 g/mol. The van der Waals surface area contributed by atoms with Crippen LogP contribution in [0.1, 0.15) is 25.7 Å². The standard InChI is InChI=1S/C12H19ClO3S/c13-8-12(10-3-6-17(14,15)7-10)4-5-16-11(12)9-1-2-9/h9-11H,1-8H2. The van der Waals surface area contributed by atoms with Crippen LogP contribution in [-0.4, -0.2) is 38.5 Å². The van der Waals surface area contributed by atoms with E-state index in [2.05, 4.69) is 0 Å². The molecule has 3 nitrogen and oxygen atoms in total. The second-order valence-electron chi connectivity index (χ2n) is 5.85. The van der Waals surface area contributed by atoms with Gasteiger partial charge in [0.2, 0.25) is 0 Å². The summed E-state index contributed by atoms with van der Waals surface area (Å²) < 4.78 is 29.2. The van der Waals surface area contributed by atoms with Gasteiger partial charge in [0.15, 0.2) is 9.84 Å². The van der Waals surface area contributed by atoms with Gasteiger partial charge in [0.25, 0.3) is 0 Å². The molecule has 3 rings (SSSR count). The molecule has 3 fully saturated rings. The molecular formula is C12H19ClO3S. The third-order valence-electron chi connectivity index (χ3n) is 4.78. The molecule has 3 aliphatic rings. The fourth-order valence-electron chi connectivity index (χ4n) is 3.63. The van der Waals surface area contributed by atoms with E-state index >= 15 is 0 Å². The van der Waals surface area contributed by atoms with Gasteiger partial charge in [-0.1, -0.05) is 0 Å². The molecule has 0 aromatic heterocycles. The van der Waals surface area contributed by atoms with Crippen molar-refractivity contribution in [2.24, 2.45) is 17.3 Å². The number of hydrogen-bond acceptors (Lipinski definition) is 3. The zero-order valence-corrected chi connectivity index (χ0v) is 11.5. The normalized spacial score (nSPS) is 45.2. The van der Waals surface area contributed by atoms with Gasteiger partial charge in [-0.05, 0) is 37.5 Å². The molecule has 0 amide bonds. The van der Waals surface area contributed by atoms with Gasteiger partial charge in [-0.2, -0.15) is 0 Å². The predicted molar refractivity (Wildman–Crippen MR) is 67.0 cm³/mol. The first-order valence-electron chi connectivity index (χ1n) is 6.45. The van der Waals surface area contributed by atoms with Crippen molar-refractivity contribution in [2.45, 2.75) is 31.8 Å². The molecule has 1 saturated carbocycles. The molecular weight excluding hydrogens is 260 g/mol. The molecule has 0 aromatic carbocycles. The number of ether oxygens (including phenoxy) is 1. The summed E-state index contributed by atoms with van der Waals surface area (Å²) in [5.41, 5.74) is -0.0632. The van der Waals surface area contributed by atoms with Crippen LogP contribution in [0.25, 0.3) is 0 Å². The quantitative estimate of drug-likeness (QED) is 0.740. The molecule has 0 radical (unpaired) electrons. The van der Waals surface area contributed by atoms with Crippen molar-refractivity contribution in [3.8, 4) is 0 Å². The maximum Gasteiger partial charge on any atom is 0.150 e. The first-order chi connectivity index (χ1) is 8.07. The van der Waals surface area contributed by atoms with E-state index in [9.17, 15) is 8.42 Å². The fourth-order valence-corrected chi connectivity index (χ4v) is 6.05. The Morgan fingerprint density at radius 1 is 1.29 bits per heavy atom. The minimum absolute atomic E-state index is 0.0632. The SMILES string of the molecule is O=S1(=O)CCC(C2(CCl)CCOC2C2CC2)C1. The van der Waals surface area contributed by atoms with E-state index in [1.54, 1.807) is 0 Å². The van der Waals surface area contributed by atoms with E-state index in [1.165, 1.54) is 12.8 Å². The summed E-state index contributed by atoms with van der Waals surface area (Å²) in [6, 6.07) is 0. The molecule has 5 heteroatoms. The van der Waals surface area contributed by atoms with E-state index in [0.29, 0.717) is 23.3 Å². The molecule has 1 aliphatic carbocycles. The van der Waals surface area contributed by atoms with Crippen LogP contribution in [0.15, 0.2) is 0 Å². The highest BCUT2D eigenvalue weighted by atomic mass is 35.5. The van der Waals surface area contributed by atoms with Gasteiger partial charge in [0.1, 0.15) is 0 Å². The first kappa shape index (κ1) is 12.2. The Labute approximate surface area is 108 Å². The lowest BCUT2D eigenvalue weighted by atomic mass is 9.70. The lowest BCUT2D eigenvalue weighted by molar-refractivity contribution is 0.0170. The summed E-state index contributed by atoms with van der Waals surface area (Å²) in [7, 11) is -2.82. The largest absolute Gasteiger partial charge is 0.377 e. The molecule has 17 heavy (non-hydrogen) atoms. The molecule has 2 saturated heterocycles. The number of alkyl halides is 1. The third kappa shape index (κ3) is 2.02. The molecule has 3 atom stereocenters. The number of sulfone groups is 1. The van der Waals surface area contributed by atoms with Crippen LogP contribution < -0.4 is 0 Å². The number of hydrogen-bond donors (Lipinski definition) is 0. The van der Waals surface area contributed by atoms with Crippen molar-refractivity contribution in [3.63, 3.8) is 0 Å². The van der Waals surface area contributed by atoms with E-state index in [4.69, 9.17) is 16.3 Å². The molecule has 2 heterocycles. The van der Waals surface area contributed by atoms with Crippen LogP contribution >= 0.6 is 11.6 Å². The topological polar surface area (TPSA) is 43.4 Å². The Kier molecular flexibility index (Phi) is 2.96. The maximum atomic E-state index is 11.7. The Balaban J connectivity index is 1.86. The minimum Gasteiger partial charge on any atom is -0.377 e. The highest BCUT2D eigenvalue weighted by Crippen LogP contribution is 2.54. The number of halogens is 1. The third-order valence-corrected chi connectivity index (χ3v) is 7.04.